The van der Waals surface area contributed by atoms with Gasteiger partial charge in [-0.3, -0.25) is 0 Å². The average molecular weight is 286 g/mol. The van der Waals surface area contributed by atoms with Crippen LogP contribution in [0.15, 0.2) is 48.5 Å². The van der Waals surface area contributed by atoms with Gasteiger partial charge in [-0.2, -0.15) is 0 Å². The molecule has 0 aliphatic rings. The predicted molar refractivity (Wildman–Crippen MR) is 83.9 cm³/mol. The molecular weight excluding hydrogens is 264 g/mol. The van der Waals surface area contributed by atoms with Gasteiger partial charge in [0, 0.05) is 6.42 Å². The first-order chi connectivity index (χ1) is 10.2. The molecule has 0 aliphatic heterocycles. The highest BCUT2D eigenvalue weighted by Crippen LogP contribution is 2.22. The van der Waals surface area contributed by atoms with E-state index >= 15 is 0 Å². The maximum absolute atomic E-state index is 9.54. The van der Waals surface area contributed by atoms with E-state index in [0.717, 1.165) is 29.0 Å². The van der Waals surface area contributed by atoms with Gasteiger partial charge in [0.1, 0.15) is 11.5 Å². The first-order valence-electron chi connectivity index (χ1n) is 7.26. The van der Waals surface area contributed by atoms with Crippen molar-refractivity contribution in [2.75, 3.05) is 13.2 Å². The SMILES string of the molecule is Cc1cc(C(C)O)ccc1OCCCOc1ccccc1. The van der Waals surface area contributed by atoms with E-state index in [-0.39, 0.29) is 0 Å². The molecule has 1 unspecified atom stereocenters. The molecular formula is C18H22O3. The summed E-state index contributed by atoms with van der Waals surface area (Å²) in [6, 6.07) is 15.5. The van der Waals surface area contributed by atoms with E-state index in [0.29, 0.717) is 13.2 Å². The van der Waals surface area contributed by atoms with Crippen molar-refractivity contribution in [1.29, 1.82) is 0 Å². The minimum atomic E-state index is -0.447. The topological polar surface area (TPSA) is 38.7 Å². The minimum absolute atomic E-state index is 0.447. The zero-order valence-corrected chi connectivity index (χ0v) is 12.6. The fourth-order valence-corrected chi connectivity index (χ4v) is 2.04. The normalized spacial score (nSPS) is 12.0. The molecule has 3 nitrogen and oxygen atoms in total. The summed E-state index contributed by atoms with van der Waals surface area (Å²) in [6.07, 6.45) is 0.379. The molecule has 0 fully saturated rings. The van der Waals surface area contributed by atoms with Gasteiger partial charge in [-0.15, -0.1) is 0 Å². The summed E-state index contributed by atoms with van der Waals surface area (Å²) < 4.78 is 11.4. The highest BCUT2D eigenvalue weighted by molar-refractivity contribution is 5.36. The highest BCUT2D eigenvalue weighted by Gasteiger charge is 2.05. The van der Waals surface area contributed by atoms with Gasteiger partial charge in [0.05, 0.1) is 19.3 Å². The molecule has 0 heterocycles. The molecule has 2 aromatic rings. The Hall–Kier alpha value is -2.00. The minimum Gasteiger partial charge on any atom is -0.493 e. The number of rotatable bonds is 7. The molecule has 112 valence electrons. The molecule has 2 aromatic carbocycles. The summed E-state index contributed by atoms with van der Waals surface area (Å²) in [5.41, 5.74) is 1.95. The fraction of sp³-hybridized carbons (Fsp3) is 0.333. The maximum Gasteiger partial charge on any atom is 0.122 e. The van der Waals surface area contributed by atoms with Crippen LogP contribution >= 0.6 is 0 Å². The van der Waals surface area contributed by atoms with Gasteiger partial charge in [0.2, 0.25) is 0 Å². The van der Waals surface area contributed by atoms with Gasteiger partial charge in [0.15, 0.2) is 0 Å². The lowest BCUT2D eigenvalue weighted by Gasteiger charge is -2.12. The van der Waals surface area contributed by atoms with Gasteiger partial charge in [-0.1, -0.05) is 24.3 Å². The molecule has 0 spiro atoms. The second-order valence-corrected chi connectivity index (χ2v) is 5.06. The van der Waals surface area contributed by atoms with Crippen LogP contribution in [0.25, 0.3) is 0 Å². The lowest BCUT2D eigenvalue weighted by molar-refractivity contribution is 0.199. The van der Waals surface area contributed by atoms with Crippen molar-refractivity contribution in [3.05, 3.63) is 59.7 Å². The van der Waals surface area contributed by atoms with E-state index in [1.54, 1.807) is 6.92 Å². The fourth-order valence-electron chi connectivity index (χ4n) is 2.04. The number of para-hydroxylation sites is 1. The van der Waals surface area contributed by atoms with Gasteiger partial charge < -0.3 is 14.6 Å². The van der Waals surface area contributed by atoms with Crippen molar-refractivity contribution in [3.63, 3.8) is 0 Å². The third kappa shape index (κ3) is 4.80. The van der Waals surface area contributed by atoms with E-state index in [1.165, 1.54) is 0 Å². The largest absolute Gasteiger partial charge is 0.493 e. The van der Waals surface area contributed by atoms with E-state index in [1.807, 2.05) is 55.5 Å². The molecule has 0 amide bonds. The van der Waals surface area contributed by atoms with Crippen molar-refractivity contribution in [1.82, 2.24) is 0 Å². The van der Waals surface area contributed by atoms with Gasteiger partial charge in [-0.05, 0) is 49.2 Å². The van der Waals surface area contributed by atoms with Crippen molar-refractivity contribution >= 4 is 0 Å². The number of hydrogen-bond donors (Lipinski definition) is 1. The first kappa shape index (κ1) is 15.4. The summed E-state index contributed by atoms with van der Waals surface area (Å²) >= 11 is 0. The van der Waals surface area contributed by atoms with Crippen LogP contribution in [0, 0.1) is 6.92 Å². The number of aryl methyl sites for hydroxylation is 1. The molecule has 3 heteroatoms. The second-order valence-electron chi connectivity index (χ2n) is 5.06. The number of aliphatic hydroxyl groups is 1. The van der Waals surface area contributed by atoms with E-state index in [4.69, 9.17) is 9.47 Å². The molecule has 1 N–H and O–H groups in total. The molecule has 21 heavy (non-hydrogen) atoms. The number of aliphatic hydroxyl groups excluding tert-OH is 1. The molecule has 0 aromatic heterocycles. The van der Waals surface area contributed by atoms with Crippen LogP contribution in [-0.4, -0.2) is 18.3 Å². The number of benzene rings is 2. The number of hydrogen-bond acceptors (Lipinski definition) is 3. The summed E-state index contributed by atoms with van der Waals surface area (Å²) in [6.45, 7) is 4.99. The Morgan fingerprint density at radius 2 is 1.71 bits per heavy atom. The Morgan fingerprint density at radius 3 is 2.38 bits per heavy atom. The van der Waals surface area contributed by atoms with Crippen LogP contribution in [0.4, 0.5) is 0 Å². The lowest BCUT2D eigenvalue weighted by Crippen LogP contribution is -2.06. The Morgan fingerprint density at radius 1 is 1.00 bits per heavy atom. The van der Waals surface area contributed by atoms with Crippen LogP contribution in [0.3, 0.4) is 0 Å². The molecule has 0 aliphatic carbocycles. The monoisotopic (exact) mass is 286 g/mol. The van der Waals surface area contributed by atoms with Crippen molar-refractivity contribution in [2.24, 2.45) is 0 Å². The molecule has 0 radical (unpaired) electrons. The summed E-state index contributed by atoms with van der Waals surface area (Å²) in [4.78, 5) is 0. The Labute approximate surface area is 126 Å². The Kier molecular flexibility index (Phi) is 5.64. The Balaban J connectivity index is 1.74. The highest BCUT2D eigenvalue weighted by atomic mass is 16.5. The average Bonchev–Trinajstić information content (AvgIpc) is 2.49. The van der Waals surface area contributed by atoms with Gasteiger partial charge >= 0.3 is 0 Å². The molecule has 0 saturated heterocycles. The molecule has 0 bridgehead atoms. The number of ether oxygens (including phenoxy) is 2. The Bertz CT molecular complexity index is 550. The van der Waals surface area contributed by atoms with Crippen LogP contribution < -0.4 is 9.47 Å². The third-order valence-electron chi connectivity index (χ3n) is 3.24. The second kappa shape index (κ2) is 7.70. The lowest BCUT2D eigenvalue weighted by atomic mass is 10.1. The van der Waals surface area contributed by atoms with Crippen molar-refractivity contribution in [2.45, 2.75) is 26.4 Å². The zero-order valence-electron chi connectivity index (χ0n) is 12.6. The molecule has 2 rings (SSSR count). The smallest absolute Gasteiger partial charge is 0.122 e. The third-order valence-corrected chi connectivity index (χ3v) is 3.24. The van der Waals surface area contributed by atoms with Crippen molar-refractivity contribution < 1.29 is 14.6 Å². The summed E-state index contributed by atoms with van der Waals surface area (Å²) in [5.74, 6) is 1.74. The first-order valence-corrected chi connectivity index (χ1v) is 7.26. The standard InChI is InChI=1S/C18H22O3/c1-14-13-16(15(2)19)9-10-18(14)21-12-6-11-20-17-7-4-3-5-8-17/h3-5,7-10,13,15,19H,6,11-12H2,1-2H3. The quantitative estimate of drug-likeness (QED) is 0.785. The van der Waals surface area contributed by atoms with Crippen LogP contribution in [-0.2, 0) is 0 Å². The zero-order chi connectivity index (χ0) is 15.1. The summed E-state index contributed by atoms with van der Waals surface area (Å²) in [5, 5.41) is 9.54. The maximum atomic E-state index is 9.54. The van der Waals surface area contributed by atoms with Crippen LogP contribution in [0.2, 0.25) is 0 Å². The predicted octanol–water partition coefficient (Wildman–Crippen LogP) is 3.90. The van der Waals surface area contributed by atoms with E-state index in [9.17, 15) is 5.11 Å². The summed E-state index contributed by atoms with van der Waals surface area (Å²) in [7, 11) is 0. The van der Waals surface area contributed by atoms with Crippen LogP contribution in [0.1, 0.15) is 30.6 Å². The van der Waals surface area contributed by atoms with E-state index < -0.39 is 6.10 Å². The van der Waals surface area contributed by atoms with Crippen molar-refractivity contribution in [3.8, 4) is 11.5 Å². The molecule has 0 saturated carbocycles. The van der Waals surface area contributed by atoms with Crippen LogP contribution in [0.5, 0.6) is 11.5 Å². The van der Waals surface area contributed by atoms with Gasteiger partial charge in [0.25, 0.3) is 0 Å². The van der Waals surface area contributed by atoms with E-state index in [2.05, 4.69) is 0 Å². The molecule has 1 atom stereocenters. The van der Waals surface area contributed by atoms with Gasteiger partial charge in [-0.25, -0.2) is 0 Å².